The number of amides is 1. The molecule has 2 aromatic rings. The van der Waals surface area contributed by atoms with Crippen molar-refractivity contribution in [3.05, 3.63) is 58.8 Å². The number of hydrogen-bond acceptors (Lipinski definition) is 5. The number of hydrogen-bond donors (Lipinski definition) is 0. The summed E-state index contributed by atoms with van der Waals surface area (Å²) >= 11 is 6.39. The molecule has 0 saturated carbocycles. The number of benzene rings is 2. The smallest absolute Gasteiger partial charge is 0.270 e. The highest BCUT2D eigenvalue weighted by atomic mass is 32.2. The van der Waals surface area contributed by atoms with Crippen LogP contribution in [0.3, 0.4) is 0 Å². The summed E-state index contributed by atoms with van der Waals surface area (Å²) in [5.74, 6) is 0.477. The third-order valence-corrected chi connectivity index (χ3v) is 4.88. The van der Waals surface area contributed by atoms with Crippen LogP contribution in [-0.4, -0.2) is 17.0 Å². The fourth-order valence-corrected chi connectivity index (χ4v) is 3.75. The molecule has 2 aromatic carbocycles. The standard InChI is InChI=1S/C17H10FNO3S2/c18-11-3-1-2-4-12(11)19-16(20)15(24-17(19)23)8-10-5-6-13-14(7-10)22-9-21-13/h1-8H,9H2/b15-8-. The second-order valence-corrected chi connectivity index (χ2v) is 6.76. The Hall–Kier alpha value is -2.38. The van der Waals surface area contributed by atoms with Crippen LogP contribution < -0.4 is 14.4 Å². The van der Waals surface area contributed by atoms with Gasteiger partial charge in [-0.15, -0.1) is 0 Å². The number of halogens is 1. The van der Waals surface area contributed by atoms with Crippen molar-refractivity contribution in [3.8, 4) is 11.5 Å². The minimum atomic E-state index is -0.488. The molecule has 24 heavy (non-hydrogen) atoms. The van der Waals surface area contributed by atoms with Crippen LogP contribution >= 0.6 is 24.0 Å². The van der Waals surface area contributed by atoms with Gasteiger partial charge >= 0.3 is 0 Å². The molecule has 2 aliphatic heterocycles. The van der Waals surface area contributed by atoms with Crippen molar-refractivity contribution in [2.24, 2.45) is 0 Å². The van der Waals surface area contributed by atoms with Crippen molar-refractivity contribution in [2.45, 2.75) is 0 Å². The maximum atomic E-state index is 14.0. The predicted molar refractivity (Wildman–Crippen MR) is 94.6 cm³/mol. The maximum Gasteiger partial charge on any atom is 0.270 e. The lowest BCUT2D eigenvalue weighted by atomic mass is 10.2. The van der Waals surface area contributed by atoms with Crippen molar-refractivity contribution in [3.63, 3.8) is 0 Å². The van der Waals surface area contributed by atoms with Crippen molar-refractivity contribution in [1.29, 1.82) is 0 Å². The number of carbonyl (C=O) groups excluding carboxylic acids is 1. The SMILES string of the molecule is O=C1/C(=C/c2ccc3c(c2)OCO3)SC(=S)N1c1ccccc1F. The van der Waals surface area contributed by atoms with Gasteiger partial charge in [-0.3, -0.25) is 9.69 Å². The summed E-state index contributed by atoms with van der Waals surface area (Å²) in [6.07, 6.45) is 1.71. The molecule has 4 nitrogen and oxygen atoms in total. The predicted octanol–water partition coefficient (Wildman–Crippen LogP) is 3.96. The number of thioether (sulfide) groups is 1. The van der Waals surface area contributed by atoms with E-state index in [0.717, 1.165) is 17.3 Å². The molecule has 2 heterocycles. The van der Waals surface area contributed by atoms with Gasteiger partial charge in [-0.25, -0.2) is 4.39 Å². The van der Waals surface area contributed by atoms with Crippen molar-refractivity contribution < 1.29 is 18.7 Å². The molecule has 120 valence electrons. The van der Waals surface area contributed by atoms with Crippen LogP contribution in [0.15, 0.2) is 47.4 Å². The molecule has 0 radical (unpaired) electrons. The highest BCUT2D eigenvalue weighted by Gasteiger charge is 2.34. The third-order valence-electron chi connectivity index (χ3n) is 3.58. The lowest BCUT2D eigenvalue weighted by molar-refractivity contribution is -0.113. The Kier molecular flexibility index (Phi) is 3.74. The molecule has 1 amide bonds. The van der Waals surface area contributed by atoms with E-state index in [4.69, 9.17) is 21.7 Å². The van der Waals surface area contributed by atoms with Gasteiger partial charge in [-0.05, 0) is 35.9 Å². The molecule has 4 rings (SSSR count). The minimum absolute atomic E-state index is 0.161. The number of para-hydroxylation sites is 1. The fraction of sp³-hybridized carbons (Fsp3) is 0.0588. The molecule has 0 aromatic heterocycles. The molecule has 0 spiro atoms. The van der Waals surface area contributed by atoms with Crippen molar-refractivity contribution >= 4 is 46.0 Å². The van der Waals surface area contributed by atoms with Gasteiger partial charge in [0.15, 0.2) is 15.8 Å². The van der Waals surface area contributed by atoms with Crippen LogP contribution in [0, 0.1) is 5.82 Å². The van der Waals surface area contributed by atoms with Crippen LogP contribution in [0.4, 0.5) is 10.1 Å². The van der Waals surface area contributed by atoms with E-state index in [1.165, 1.54) is 17.0 Å². The summed E-state index contributed by atoms with van der Waals surface area (Å²) in [4.78, 5) is 14.3. The first-order chi connectivity index (χ1) is 11.6. The average Bonchev–Trinajstić information content (AvgIpc) is 3.13. The van der Waals surface area contributed by atoms with Crippen LogP contribution in [0.25, 0.3) is 6.08 Å². The Bertz CT molecular complexity index is 897. The fourth-order valence-electron chi connectivity index (χ4n) is 2.46. The van der Waals surface area contributed by atoms with E-state index in [1.807, 2.05) is 6.07 Å². The molecule has 2 aliphatic rings. The third kappa shape index (κ3) is 2.55. The monoisotopic (exact) mass is 359 g/mol. The molecule has 0 unspecified atom stereocenters. The van der Waals surface area contributed by atoms with Gasteiger partial charge < -0.3 is 9.47 Å². The molecular weight excluding hydrogens is 349 g/mol. The second-order valence-electron chi connectivity index (χ2n) is 5.08. The molecule has 0 aliphatic carbocycles. The van der Waals surface area contributed by atoms with Crippen LogP contribution in [0.2, 0.25) is 0 Å². The highest BCUT2D eigenvalue weighted by Crippen LogP contribution is 2.38. The van der Waals surface area contributed by atoms with Crippen LogP contribution in [-0.2, 0) is 4.79 Å². The Morgan fingerprint density at radius 2 is 1.96 bits per heavy atom. The summed E-state index contributed by atoms with van der Waals surface area (Å²) in [6, 6.07) is 11.5. The molecule has 0 bridgehead atoms. The lowest BCUT2D eigenvalue weighted by Crippen LogP contribution is -2.28. The summed E-state index contributed by atoms with van der Waals surface area (Å²) in [5.41, 5.74) is 0.947. The number of carbonyl (C=O) groups is 1. The van der Waals surface area contributed by atoms with Crippen LogP contribution in [0.1, 0.15) is 5.56 Å². The normalized spacial score (nSPS) is 17.9. The van der Waals surface area contributed by atoms with E-state index in [1.54, 1.807) is 30.3 Å². The van der Waals surface area contributed by atoms with E-state index < -0.39 is 5.82 Å². The number of fused-ring (bicyclic) bond motifs is 1. The first-order valence-corrected chi connectivity index (χ1v) is 8.28. The molecule has 1 saturated heterocycles. The van der Waals surface area contributed by atoms with E-state index in [2.05, 4.69) is 0 Å². The van der Waals surface area contributed by atoms with Gasteiger partial charge in [0.25, 0.3) is 5.91 Å². The van der Waals surface area contributed by atoms with E-state index in [-0.39, 0.29) is 18.4 Å². The topological polar surface area (TPSA) is 38.8 Å². The van der Waals surface area contributed by atoms with Gasteiger partial charge in [0, 0.05) is 0 Å². The largest absolute Gasteiger partial charge is 0.454 e. The van der Waals surface area contributed by atoms with E-state index in [0.29, 0.717) is 20.7 Å². The first kappa shape index (κ1) is 15.2. The van der Waals surface area contributed by atoms with Crippen molar-refractivity contribution in [2.75, 3.05) is 11.7 Å². The zero-order valence-corrected chi connectivity index (χ0v) is 13.8. The molecular formula is C17H10FNO3S2. The average molecular weight is 359 g/mol. The van der Waals surface area contributed by atoms with E-state index in [9.17, 15) is 9.18 Å². The number of nitrogens with zero attached hydrogens (tertiary/aromatic N) is 1. The van der Waals surface area contributed by atoms with Crippen LogP contribution in [0.5, 0.6) is 11.5 Å². The number of ether oxygens (including phenoxy) is 2. The Labute approximate surface area is 146 Å². The molecule has 7 heteroatoms. The van der Waals surface area contributed by atoms with Crippen molar-refractivity contribution in [1.82, 2.24) is 0 Å². The Morgan fingerprint density at radius 1 is 1.17 bits per heavy atom. The Morgan fingerprint density at radius 3 is 2.79 bits per heavy atom. The lowest BCUT2D eigenvalue weighted by Gasteiger charge is -2.14. The summed E-state index contributed by atoms with van der Waals surface area (Å²) in [7, 11) is 0. The number of rotatable bonds is 2. The minimum Gasteiger partial charge on any atom is -0.454 e. The maximum absolute atomic E-state index is 14.0. The zero-order valence-electron chi connectivity index (χ0n) is 12.2. The Balaban J connectivity index is 1.67. The number of anilines is 1. The van der Waals surface area contributed by atoms with Gasteiger partial charge in [0.2, 0.25) is 6.79 Å². The van der Waals surface area contributed by atoms with Gasteiger partial charge in [0.05, 0.1) is 10.6 Å². The quantitative estimate of drug-likeness (QED) is 0.599. The summed E-state index contributed by atoms with van der Waals surface area (Å²) < 4.78 is 24.9. The van der Waals surface area contributed by atoms with Gasteiger partial charge in [-0.1, -0.05) is 42.2 Å². The molecule has 0 N–H and O–H groups in total. The zero-order chi connectivity index (χ0) is 16.7. The highest BCUT2D eigenvalue weighted by molar-refractivity contribution is 8.27. The second kappa shape index (κ2) is 5.92. The van der Waals surface area contributed by atoms with Gasteiger partial charge in [0.1, 0.15) is 5.82 Å². The summed E-state index contributed by atoms with van der Waals surface area (Å²) in [6.45, 7) is 0.189. The first-order valence-electron chi connectivity index (χ1n) is 7.05. The molecule has 0 atom stereocenters. The summed E-state index contributed by atoms with van der Waals surface area (Å²) in [5, 5.41) is 0. The van der Waals surface area contributed by atoms with Gasteiger partial charge in [-0.2, -0.15) is 0 Å². The number of thiocarbonyl (C=S) groups is 1. The molecule has 1 fully saturated rings. The van der Waals surface area contributed by atoms with E-state index >= 15 is 0 Å².